The van der Waals surface area contributed by atoms with Crippen LogP contribution < -0.4 is 14.2 Å². The van der Waals surface area contributed by atoms with Crippen LogP contribution in [-0.2, 0) is 9.59 Å². The van der Waals surface area contributed by atoms with Crippen LogP contribution in [0.3, 0.4) is 0 Å². The van der Waals surface area contributed by atoms with Gasteiger partial charge in [-0.15, -0.1) is 0 Å². The molecular weight excluding hydrogens is 402 g/mol. The van der Waals surface area contributed by atoms with Gasteiger partial charge in [0.15, 0.2) is 11.5 Å². The molecule has 0 aliphatic carbocycles. The Kier molecular flexibility index (Phi) is 7.31. The van der Waals surface area contributed by atoms with Gasteiger partial charge in [0.1, 0.15) is 10.4 Å². The van der Waals surface area contributed by atoms with Gasteiger partial charge in [0, 0.05) is 0 Å². The Labute approximate surface area is 173 Å². The van der Waals surface area contributed by atoms with Crippen LogP contribution in [0.25, 0.3) is 6.08 Å². The monoisotopic (exact) mass is 425 g/mol. The van der Waals surface area contributed by atoms with Gasteiger partial charge in [0.05, 0.1) is 26.2 Å². The van der Waals surface area contributed by atoms with E-state index >= 15 is 0 Å². The van der Waals surface area contributed by atoms with Gasteiger partial charge >= 0.3 is 5.97 Å². The Morgan fingerprint density at radius 1 is 1.25 bits per heavy atom. The van der Waals surface area contributed by atoms with Crippen LogP contribution in [0, 0.1) is 5.92 Å². The number of benzene rings is 1. The lowest BCUT2D eigenvalue weighted by Crippen LogP contribution is -2.47. The second-order valence-corrected chi connectivity index (χ2v) is 7.85. The van der Waals surface area contributed by atoms with Crippen LogP contribution in [0.2, 0.25) is 0 Å². The SMILES string of the molecule is CC[C@@H](C)[C@@H](C(=O)O)N1C(=O)/C(=C/c2cc(OC)c(OC)c(OC)c2)SC1=S. The Morgan fingerprint density at radius 3 is 2.25 bits per heavy atom. The topological polar surface area (TPSA) is 85.3 Å². The van der Waals surface area contributed by atoms with Crippen molar-refractivity contribution in [3.8, 4) is 17.2 Å². The maximum absolute atomic E-state index is 12.9. The average molecular weight is 426 g/mol. The van der Waals surface area contributed by atoms with Crippen LogP contribution in [-0.4, -0.2) is 53.6 Å². The van der Waals surface area contributed by atoms with Crippen LogP contribution in [0.4, 0.5) is 0 Å². The van der Waals surface area contributed by atoms with Crippen molar-refractivity contribution in [2.75, 3.05) is 21.3 Å². The van der Waals surface area contributed by atoms with Gasteiger partial charge in [0.2, 0.25) is 5.75 Å². The molecule has 0 unspecified atom stereocenters. The van der Waals surface area contributed by atoms with Crippen molar-refractivity contribution < 1.29 is 28.9 Å². The molecule has 1 heterocycles. The molecule has 0 bridgehead atoms. The van der Waals surface area contributed by atoms with Crippen molar-refractivity contribution in [3.05, 3.63) is 22.6 Å². The van der Waals surface area contributed by atoms with E-state index in [0.717, 1.165) is 11.8 Å². The molecule has 1 N–H and O–H groups in total. The first-order valence-corrected chi connectivity index (χ1v) is 9.81. The fraction of sp³-hybridized carbons (Fsp3) is 0.421. The highest BCUT2D eigenvalue weighted by atomic mass is 32.2. The third-order valence-corrected chi connectivity index (χ3v) is 5.85. The van der Waals surface area contributed by atoms with Crippen molar-refractivity contribution in [1.29, 1.82) is 0 Å². The molecule has 1 aromatic carbocycles. The summed E-state index contributed by atoms with van der Waals surface area (Å²) in [4.78, 5) is 26.2. The van der Waals surface area contributed by atoms with E-state index in [9.17, 15) is 14.7 Å². The number of nitrogens with zero attached hydrogens (tertiary/aromatic N) is 1. The number of aliphatic carboxylic acids is 1. The summed E-state index contributed by atoms with van der Waals surface area (Å²) in [6, 6.07) is 2.41. The third kappa shape index (κ3) is 4.25. The van der Waals surface area contributed by atoms with Crippen molar-refractivity contribution >= 4 is 46.3 Å². The number of carbonyl (C=O) groups excluding carboxylic acids is 1. The van der Waals surface area contributed by atoms with Crippen LogP contribution in [0.5, 0.6) is 17.2 Å². The Morgan fingerprint density at radius 2 is 1.82 bits per heavy atom. The molecule has 28 heavy (non-hydrogen) atoms. The van der Waals surface area contributed by atoms with Crippen molar-refractivity contribution in [3.63, 3.8) is 0 Å². The molecule has 0 aromatic heterocycles. The van der Waals surface area contributed by atoms with Gasteiger partial charge in [-0.05, 0) is 29.7 Å². The van der Waals surface area contributed by atoms with Gasteiger partial charge in [0.25, 0.3) is 5.91 Å². The van der Waals surface area contributed by atoms with E-state index in [2.05, 4.69) is 0 Å². The van der Waals surface area contributed by atoms with E-state index in [1.54, 1.807) is 25.1 Å². The maximum Gasteiger partial charge on any atom is 0.327 e. The number of carboxylic acid groups (broad SMARTS) is 1. The number of rotatable bonds is 8. The summed E-state index contributed by atoms with van der Waals surface area (Å²) in [6.45, 7) is 3.67. The van der Waals surface area contributed by atoms with Crippen LogP contribution in [0.15, 0.2) is 17.0 Å². The largest absolute Gasteiger partial charge is 0.493 e. The summed E-state index contributed by atoms with van der Waals surface area (Å²) in [5, 5.41) is 9.61. The van der Waals surface area contributed by atoms with E-state index < -0.39 is 17.9 Å². The molecule has 1 fully saturated rings. The molecule has 9 heteroatoms. The normalized spacial score (nSPS) is 17.6. The number of thioether (sulfide) groups is 1. The summed E-state index contributed by atoms with van der Waals surface area (Å²) in [5.41, 5.74) is 0.644. The number of hydrogen-bond donors (Lipinski definition) is 1. The fourth-order valence-corrected chi connectivity index (χ4v) is 4.22. The lowest BCUT2D eigenvalue weighted by Gasteiger charge is -2.27. The van der Waals surface area contributed by atoms with Gasteiger partial charge in [-0.1, -0.05) is 44.2 Å². The third-order valence-electron chi connectivity index (χ3n) is 4.52. The minimum Gasteiger partial charge on any atom is -0.493 e. The van der Waals surface area contributed by atoms with E-state index in [4.69, 9.17) is 26.4 Å². The summed E-state index contributed by atoms with van der Waals surface area (Å²) in [7, 11) is 4.51. The summed E-state index contributed by atoms with van der Waals surface area (Å²) >= 11 is 6.38. The molecule has 7 nitrogen and oxygen atoms in total. The molecule has 0 saturated carbocycles. The predicted molar refractivity (Wildman–Crippen MR) is 112 cm³/mol. The van der Waals surface area contributed by atoms with E-state index in [1.165, 1.54) is 26.2 Å². The second-order valence-electron chi connectivity index (χ2n) is 6.18. The zero-order valence-electron chi connectivity index (χ0n) is 16.3. The Bertz CT molecular complexity index is 798. The van der Waals surface area contributed by atoms with E-state index in [1.807, 2.05) is 6.92 Å². The van der Waals surface area contributed by atoms with Crippen molar-refractivity contribution in [2.45, 2.75) is 26.3 Å². The smallest absolute Gasteiger partial charge is 0.327 e. The highest BCUT2D eigenvalue weighted by Gasteiger charge is 2.42. The number of methoxy groups -OCH3 is 3. The van der Waals surface area contributed by atoms with Gasteiger partial charge in [-0.25, -0.2) is 4.79 Å². The molecule has 1 aromatic rings. The number of amides is 1. The molecule has 0 radical (unpaired) electrons. The molecule has 1 aliphatic rings. The molecule has 1 amide bonds. The minimum atomic E-state index is -1.07. The summed E-state index contributed by atoms with van der Waals surface area (Å²) in [5.74, 6) is -0.382. The van der Waals surface area contributed by atoms with E-state index in [0.29, 0.717) is 34.1 Å². The van der Waals surface area contributed by atoms with Crippen LogP contribution in [0.1, 0.15) is 25.8 Å². The number of thiocarbonyl (C=S) groups is 1. The zero-order chi connectivity index (χ0) is 21.0. The number of hydrogen-bond acceptors (Lipinski definition) is 7. The highest BCUT2D eigenvalue weighted by Crippen LogP contribution is 2.41. The molecule has 1 saturated heterocycles. The fourth-order valence-electron chi connectivity index (χ4n) is 2.89. The van der Waals surface area contributed by atoms with Crippen molar-refractivity contribution in [2.24, 2.45) is 5.92 Å². The zero-order valence-corrected chi connectivity index (χ0v) is 18.0. The molecular formula is C19H23NO6S2. The quantitative estimate of drug-likeness (QED) is 0.501. The molecule has 1 aliphatic heterocycles. The number of ether oxygens (including phenoxy) is 3. The molecule has 2 rings (SSSR count). The first kappa shape index (κ1) is 22.0. The number of carbonyl (C=O) groups is 2. The van der Waals surface area contributed by atoms with Gasteiger partial charge in [-0.3, -0.25) is 9.69 Å². The second kappa shape index (κ2) is 9.29. The standard InChI is InChI=1S/C19H23NO6S2/c1-6-10(2)15(18(22)23)20-17(21)14(28-19(20)27)9-11-7-12(24-3)16(26-5)13(8-11)25-4/h7-10,15H,6H2,1-5H3,(H,22,23)/b14-9-/t10-,15+/m1/s1. The molecule has 0 spiro atoms. The lowest BCUT2D eigenvalue weighted by molar-refractivity contribution is -0.147. The lowest BCUT2D eigenvalue weighted by atomic mass is 9.98. The van der Waals surface area contributed by atoms with Crippen molar-refractivity contribution in [1.82, 2.24) is 4.90 Å². The van der Waals surface area contributed by atoms with E-state index in [-0.39, 0.29) is 10.2 Å². The maximum atomic E-state index is 12.9. The molecule has 152 valence electrons. The first-order chi connectivity index (χ1) is 13.3. The first-order valence-electron chi connectivity index (χ1n) is 8.58. The summed E-state index contributed by atoms with van der Waals surface area (Å²) < 4.78 is 16.2. The minimum absolute atomic E-state index is 0.233. The van der Waals surface area contributed by atoms with Gasteiger partial charge < -0.3 is 19.3 Å². The Balaban J connectivity index is 2.44. The van der Waals surface area contributed by atoms with Gasteiger partial charge in [-0.2, -0.15) is 0 Å². The average Bonchev–Trinajstić information content (AvgIpc) is 2.94. The van der Waals surface area contributed by atoms with Crippen LogP contribution >= 0.6 is 24.0 Å². The Hall–Kier alpha value is -2.26. The predicted octanol–water partition coefficient (Wildman–Crippen LogP) is 3.41. The molecule has 2 atom stereocenters. The highest BCUT2D eigenvalue weighted by molar-refractivity contribution is 8.26. The summed E-state index contributed by atoms with van der Waals surface area (Å²) in [6.07, 6.45) is 2.25. The number of carboxylic acids is 1.